The fourth-order valence-electron chi connectivity index (χ4n) is 3.05. The molecule has 0 bridgehead atoms. The van der Waals surface area contributed by atoms with E-state index in [0.29, 0.717) is 17.4 Å². The minimum absolute atomic E-state index is 0.428. The van der Waals surface area contributed by atoms with Gasteiger partial charge >= 0.3 is 0 Å². The fraction of sp³-hybridized carbons (Fsp3) is 0.333. The molecule has 0 aliphatic carbocycles. The number of allylic oxidation sites excluding steroid dienone is 2. The topological polar surface area (TPSA) is 48.2 Å². The van der Waals surface area contributed by atoms with Gasteiger partial charge in [0, 0.05) is 17.1 Å². The van der Waals surface area contributed by atoms with Crippen molar-refractivity contribution in [3.63, 3.8) is 0 Å². The van der Waals surface area contributed by atoms with E-state index in [1.807, 2.05) is 38.1 Å². The zero-order valence-electron chi connectivity index (χ0n) is 17.2. The van der Waals surface area contributed by atoms with Gasteiger partial charge in [0.25, 0.3) is 0 Å². The number of anilines is 1. The Labute approximate surface area is 163 Å². The molecule has 140 valence electrons. The minimum Gasteiger partial charge on any atom is -0.359 e. The van der Waals surface area contributed by atoms with Crippen LogP contribution in [0.15, 0.2) is 59.2 Å². The second-order valence-corrected chi connectivity index (χ2v) is 7.49. The van der Waals surface area contributed by atoms with Crippen molar-refractivity contribution in [1.29, 1.82) is 5.26 Å². The van der Waals surface area contributed by atoms with Gasteiger partial charge in [-0.25, -0.2) is 0 Å². The van der Waals surface area contributed by atoms with Crippen LogP contribution in [-0.2, 0) is 0 Å². The first-order chi connectivity index (χ1) is 12.8. The van der Waals surface area contributed by atoms with Gasteiger partial charge in [0.2, 0.25) is 0 Å². The van der Waals surface area contributed by atoms with Crippen LogP contribution in [0, 0.1) is 11.3 Å². The maximum absolute atomic E-state index is 8.89. The van der Waals surface area contributed by atoms with Gasteiger partial charge in [-0.1, -0.05) is 45.9 Å². The van der Waals surface area contributed by atoms with Crippen LogP contribution >= 0.6 is 0 Å². The third kappa shape index (κ3) is 5.56. The summed E-state index contributed by atoms with van der Waals surface area (Å²) in [7, 11) is 0. The van der Waals surface area contributed by atoms with E-state index < -0.39 is 0 Å². The van der Waals surface area contributed by atoms with Gasteiger partial charge in [0.1, 0.15) is 0 Å². The Hall–Kier alpha value is -2.86. The SMILES string of the molecule is CC(/C=C(/C)Nc1ccc(C#N)cc1)=Nc1c(C(C)C)cccc1C(C)C. The molecule has 3 heteroatoms. The van der Waals surface area contributed by atoms with Gasteiger partial charge in [-0.15, -0.1) is 0 Å². The third-order valence-electron chi connectivity index (χ3n) is 4.41. The number of nitrogens with zero attached hydrogens (tertiary/aromatic N) is 2. The van der Waals surface area contributed by atoms with Crippen LogP contribution in [0.1, 0.15) is 70.1 Å². The lowest BCUT2D eigenvalue weighted by molar-refractivity contribution is 0.834. The molecule has 0 spiro atoms. The summed E-state index contributed by atoms with van der Waals surface area (Å²) in [5.41, 5.74) is 7.26. The lowest BCUT2D eigenvalue weighted by Crippen LogP contribution is -2.00. The van der Waals surface area contributed by atoms with Crippen LogP contribution in [0.4, 0.5) is 11.4 Å². The Kier molecular flexibility index (Phi) is 6.96. The molecule has 0 radical (unpaired) electrons. The number of rotatable bonds is 6. The van der Waals surface area contributed by atoms with E-state index in [2.05, 4.69) is 63.4 Å². The normalized spacial score (nSPS) is 12.4. The van der Waals surface area contributed by atoms with E-state index in [9.17, 15) is 0 Å². The first-order valence-electron chi connectivity index (χ1n) is 9.45. The molecule has 0 aliphatic heterocycles. The van der Waals surface area contributed by atoms with Crippen molar-refractivity contribution in [2.75, 3.05) is 5.32 Å². The smallest absolute Gasteiger partial charge is 0.0991 e. The maximum Gasteiger partial charge on any atom is 0.0991 e. The predicted octanol–water partition coefficient (Wildman–Crippen LogP) is 6.91. The van der Waals surface area contributed by atoms with E-state index in [1.165, 1.54) is 11.1 Å². The second-order valence-electron chi connectivity index (χ2n) is 7.49. The molecule has 3 nitrogen and oxygen atoms in total. The van der Waals surface area contributed by atoms with Crippen LogP contribution < -0.4 is 5.32 Å². The van der Waals surface area contributed by atoms with Gasteiger partial charge in [0.05, 0.1) is 17.3 Å². The number of para-hydroxylation sites is 1. The van der Waals surface area contributed by atoms with Crippen molar-refractivity contribution in [2.45, 2.75) is 53.4 Å². The first-order valence-corrected chi connectivity index (χ1v) is 9.45. The monoisotopic (exact) mass is 359 g/mol. The number of benzene rings is 2. The number of aliphatic imine (C=N–C) groups is 1. The van der Waals surface area contributed by atoms with Crippen LogP contribution in [0.25, 0.3) is 0 Å². The van der Waals surface area contributed by atoms with Gasteiger partial charge in [-0.3, -0.25) is 4.99 Å². The molecule has 2 aromatic carbocycles. The highest BCUT2D eigenvalue weighted by molar-refractivity contribution is 5.96. The summed E-state index contributed by atoms with van der Waals surface area (Å²) in [4.78, 5) is 4.97. The van der Waals surface area contributed by atoms with Crippen LogP contribution in [0.3, 0.4) is 0 Å². The number of hydrogen-bond acceptors (Lipinski definition) is 3. The Morgan fingerprint density at radius 2 is 1.52 bits per heavy atom. The molecule has 0 amide bonds. The Bertz CT molecular complexity index is 853. The average Bonchev–Trinajstić information content (AvgIpc) is 2.61. The van der Waals surface area contributed by atoms with Gasteiger partial charge < -0.3 is 5.32 Å². The van der Waals surface area contributed by atoms with Crippen molar-refractivity contribution >= 4 is 17.1 Å². The van der Waals surface area contributed by atoms with Crippen molar-refractivity contribution in [2.24, 2.45) is 4.99 Å². The standard InChI is InChI=1S/C24H29N3/c1-16(2)22-8-7-9-23(17(3)4)24(22)27-19(6)14-18(5)26-21-12-10-20(15-25)11-13-21/h7-14,16-17,26H,1-6H3/b18-14-,27-19?. The zero-order valence-corrected chi connectivity index (χ0v) is 17.2. The molecular weight excluding hydrogens is 330 g/mol. The Morgan fingerprint density at radius 1 is 0.963 bits per heavy atom. The summed E-state index contributed by atoms with van der Waals surface area (Å²) in [6.07, 6.45) is 2.05. The van der Waals surface area contributed by atoms with E-state index in [0.717, 1.165) is 22.8 Å². The Balaban J connectivity index is 2.30. The molecule has 0 saturated carbocycles. The zero-order chi connectivity index (χ0) is 20.0. The van der Waals surface area contributed by atoms with Crippen molar-refractivity contribution in [3.8, 4) is 6.07 Å². The quantitative estimate of drug-likeness (QED) is 0.569. The number of nitrogens with one attached hydrogen (secondary N) is 1. The summed E-state index contributed by atoms with van der Waals surface area (Å²) in [6, 6.07) is 16.1. The van der Waals surface area contributed by atoms with Crippen molar-refractivity contribution in [3.05, 3.63) is 70.9 Å². The molecular formula is C24H29N3. The average molecular weight is 360 g/mol. The molecule has 0 unspecified atom stereocenters. The minimum atomic E-state index is 0.428. The van der Waals surface area contributed by atoms with Gasteiger partial charge in [-0.05, 0) is 67.2 Å². The van der Waals surface area contributed by atoms with Gasteiger partial charge in [-0.2, -0.15) is 5.26 Å². The molecule has 1 N–H and O–H groups in total. The number of nitriles is 1. The molecule has 0 atom stereocenters. The van der Waals surface area contributed by atoms with Gasteiger partial charge in [0.15, 0.2) is 0 Å². The highest BCUT2D eigenvalue weighted by Gasteiger charge is 2.13. The molecule has 0 heterocycles. The predicted molar refractivity (Wildman–Crippen MR) is 116 cm³/mol. The highest BCUT2D eigenvalue weighted by Crippen LogP contribution is 2.34. The van der Waals surface area contributed by atoms with Crippen molar-refractivity contribution in [1.82, 2.24) is 0 Å². The highest BCUT2D eigenvalue weighted by atomic mass is 14.9. The summed E-state index contributed by atoms with van der Waals surface area (Å²) in [5.74, 6) is 0.856. The first kappa shape index (κ1) is 20.5. The maximum atomic E-state index is 8.89. The van der Waals surface area contributed by atoms with E-state index in [4.69, 9.17) is 10.3 Å². The second kappa shape index (κ2) is 9.19. The van der Waals surface area contributed by atoms with Crippen LogP contribution in [0.2, 0.25) is 0 Å². The lowest BCUT2D eigenvalue weighted by atomic mass is 9.93. The van der Waals surface area contributed by atoms with E-state index in [1.54, 1.807) is 0 Å². The van der Waals surface area contributed by atoms with E-state index in [-0.39, 0.29) is 0 Å². The summed E-state index contributed by atoms with van der Waals surface area (Å²) in [6.45, 7) is 12.9. The molecule has 2 rings (SSSR count). The largest absolute Gasteiger partial charge is 0.359 e. The Morgan fingerprint density at radius 3 is 2.00 bits per heavy atom. The molecule has 0 aromatic heterocycles. The summed E-state index contributed by atoms with van der Waals surface area (Å²) in [5, 5.41) is 12.3. The molecule has 27 heavy (non-hydrogen) atoms. The fourth-order valence-corrected chi connectivity index (χ4v) is 3.05. The third-order valence-corrected chi connectivity index (χ3v) is 4.41. The van der Waals surface area contributed by atoms with Crippen molar-refractivity contribution < 1.29 is 0 Å². The molecule has 2 aromatic rings. The number of hydrogen-bond donors (Lipinski definition) is 1. The molecule has 0 aliphatic rings. The lowest BCUT2D eigenvalue weighted by Gasteiger charge is -2.17. The molecule has 0 fully saturated rings. The molecule has 0 saturated heterocycles. The summed E-state index contributed by atoms with van der Waals surface area (Å²) < 4.78 is 0. The van der Waals surface area contributed by atoms with Crippen LogP contribution in [-0.4, -0.2) is 5.71 Å². The van der Waals surface area contributed by atoms with Crippen LogP contribution in [0.5, 0.6) is 0 Å². The summed E-state index contributed by atoms with van der Waals surface area (Å²) >= 11 is 0. The van der Waals surface area contributed by atoms with E-state index >= 15 is 0 Å².